The zero-order valence-electron chi connectivity index (χ0n) is 10.00. The van der Waals surface area contributed by atoms with Crippen molar-refractivity contribution in [2.24, 2.45) is 0 Å². The fourth-order valence-electron chi connectivity index (χ4n) is 2.06. The van der Waals surface area contributed by atoms with Crippen molar-refractivity contribution in [1.29, 1.82) is 0 Å². The Balaban J connectivity index is 2.31. The number of ether oxygens (including phenoxy) is 1. The standard InChI is InChI=1S/C12H14N2O4/c1-18-7-8(3-5-15)14-11(16)9-2-4-13-6-10(9)12(14)17/h2,4,6,8,15H,3,5,7H2,1H3. The van der Waals surface area contributed by atoms with E-state index in [4.69, 9.17) is 9.84 Å². The van der Waals surface area contributed by atoms with E-state index in [1.165, 1.54) is 25.6 Å². The Labute approximate surface area is 104 Å². The molecule has 0 spiro atoms. The third-order valence-corrected chi connectivity index (χ3v) is 2.91. The van der Waals surface area contributed by atoms with Crippen molar-refractivity contribution in [2.75, 3.05) is 20.3 Å². The molecule has 0 saturated carbocycles. The number of aromatic nitrogens is 1. The molecule has 1 N–H and O–H groups in total. The van der Waals surface area contributed by atoms with Crippen LogP contribution in [-0.2, 0) is 4.74 Å². The molecule has 1 atom stereocenters. The van der Waals surface area contributed by atoms with Gasteiger partial charge in [-0.1, -0.05) is 0 Å². The third-order valence-electron chi connectivity index (χ3n) is 2.91. The van der Waals surface area contributed by atoms with Crippen molar-refractivity contribution in [3.05, 3.63) is 29.6 Å². The number of aliphatic hydroxyl groups is 1. The van der Waals surface area contributed by atoms with Crippen LogP contribution in [0.25, 0.3) is 0 Å². The van der Waals surface area contributed by atoms with Gasteiger partial charge >= 0.3 is 0 Å². The van der Waals surface area contributed by atoms with Gasteiger partial charge in [0.25, 0.3) is 11.8 Å². The number of rotatable bonds is 5. The van der Waals surface area contributed by atoms with E-state index in [1.54, 1.807) is 0 Å². The molecule has 1 aromatic heterocycles. The number of aliphatic hydroxyl groups excluding tert-OH is 1. The Kier molecular flexibility index (Phi) is 3.69. The second-order valence-corrected chi connectivity index (χ2v) is 4.02. The van der Waals surface area contributed by atoms with Gasteiger partial charge in [-0.3, -0.25) is 19.5 Å². The molecule has 0 bridgehead atoms. The molecular weight excluding hydrogens is 236 g/mol. The molecule has 1 aliphatic heterocycles. The van der Waals surface area contributed by atoms with Crippen LogP contribution < -0.4 is 0 Å². The van der Waals surface area contributed by atoms with E-state index in [0.29, 0.717) is 17.5 Å². The van der Waals surface area contributed by atoms with Crippen LogP contribution in [0.1, 0.15) is 27.1 Å². The van der Waals surface area contributed by atoms with Gasteiger partial charge in [0.1, 0.15) is 0 Å². The Morgan fingerprint density at radius 2 is 2.11 bits per heavy atom. The zero-order chi connectivity index (χ0) is 13.1. The molecule has 2 heterocycles. The lowest BCUT2D eigenvalue weighted by molar-refractivity contribution is 0.0431. The van der Waals surface area contributed by atoms with E-state index in [9.17, 15) is 9.59 Å². The van der Waals surface area contributed by atoms with Gasteiger partial charge in [-0.2, -0.15) is 0 Å². The van der Waals surface area contributed by atoms with Crippen LogP contribution >= 0.6 is 0 Å². The summed E-state index contributed by atoms with van der Waals surface area (Å²) in [5.74, 6) is -0.730. The average Bonchev–Trinajstić information content (AvgIpc) is 2.63. The molecule has 18 heavy (non-hydrogen) atoms. The molecule has 2 rings (SSSR count). The van der Waals surface area contributed by atoms with E-state index < -0.39 is 6.04 Å². The number of carbonyl (C=O) groups excluding carboxylic acids is 2. The van der Waals surface area contributed by atoms with Crippen LogP contribution in [0, 0.1) is 0 Å². The molecule has 1 unspecified atom stereocenters. The highest BCUT2D eigenvalue weighted by molar-refractivity contribution is 6.21. The summed E-state index contributed by atoms with van der Waals surface area (Å²) in [6, 6.07) is 1.07. The highest BCUT2D eigenvalue weighted by Crippen LogP contribution is 2.24. The number of amides is 2. The first-order valence-electron chi connectivity index (χ1n) is 5.62. The van der Waals surface area contributed by atoms with Crippen molar-refractivity contribution in [2.45, 2.75) is 12.5 Å². The number of imide groups is 1. The summed E-state index contributed by atoms with van der Waals surface area (Å²) in [5, 5.41) is 9.00. The molecule has 0 fully saturated rings. The van der Waals surface area contributed by atoms with Crippen LogP contribution in [0.3, 0.4) is 0 Å². The van der Waals surface area contributed by atoms with Crippen molar-refractivity contribution in [3.8, 4) is 0 Å². The third kappa shape index (κ3) is 2.00. The maximum atomic E-state index is 12.1. The summed E-state index contributed by atoms with van der Waals surface area (Å²) in [5.41, 5.74) is 0.663. The van der Waals surface area contributed by atoms with Gasteiger partial charge in [0, 0.05) is 26.1 Å². The molecule has 0 saturated heterocycles. The second kappa shape index (κ2) is 5.24. The highest BCUT2D eigenvalue weighted by Gasteiger charge is 2.39. The summed E-state index contributed by atoms with van der Waals surface area (Å²) in [6.07, 6.45) is 3.16. The number of pyridine rings is 1. The Hall–Kier alpha value is -1.79. The summed E-state index contributed by atoms with van der Waals surface area (Å²) in [7, 11) is 1.49. The Morgan fingerprint density at radius 1 is 1.39 bits per heavy atom. The smallest absolute Gasteiger partial charge is 0.263 e. The second-order valence-electron chi connectivity index (χ2n) is 4.02. The summed E-state index contributed by atoms with van der Waals surface area (Å²) in [6.45, 7) is 0.0964. The first-order valence-corrected chi connectivity index (χ1v) is 5.62. The van der Waals surface area contributed by atoms with E-state index in [1.807, 2.05) is 0 Å². The fourth-order valence-corrected chi connectivity index (χ4v) is 2.06. The molecule has 2 amide bonds. The lowest BCUT2D eigenvalue weighted by Gasteiger charge is -2.24. The molecule has 0 aromatic carbocycles. The number of fused-ring (bicyclic) bond motifs is 1. The average molecular weight is 250 g/mol. The molecule has 0 radical (unpaired) electrons. The predicted octanol–water partition coefficient (Wildman–Crippen LogP) is 0.0750. The molecule has 96 valence electrons. The summed E-state index contributed by atoms with van der Waals surface area (Å²) >= 11 is 0. The number of hydrogen-bond acceptors (Lipinski definition) is 5. The van der Waals surface area contributed by atoms with E-state index in [2.05, 4.69) is 4.98 Å². The highest BCUT2D eigenvalue weighted by atomic mass is 16.5. The maximum Gasteiger partial charge on any atom is 0.263 e. The minimum absolute atomic E-state index is 0.111. The van der Waals surface area contributed by atoms with E-state index in [0.717, 1.165) is 4.90 Å². The number of methoxy groups -OCH3 is 1. The van der Waals surface area contributed by atoms with E-state index >= 15 is 0 Å². The molecule has 1 aliphatic rings. The van der Waals surface area contributed by atoms with Crippen LogP contribution in [0.2, 0.25) is 0 Å². The SMILES string of the molecule is COCC(CCO)N1C(=O)c2ccncc2C1=O. The van der Waals surface area contributed by atoms with Gasteiger partial charge in [-0.15, -0.1) is 0 Å². The monoisotopic (exact) mass is 250 g/mol. The molecule has 6 nitrogen and oxygen atoms in total. The van der Waals surface area contributed by atoms with Gasteiger partial charge in [0.2, 0.25) is 0 Å². The summed E-state index contributed by atoms with van der Waals surface area (Å²) < 4.78 is 4.99. The van der Waals surface area contributed by atoms with Crippen molar-refractivity contribution in [3.63, 3.8) is 0 Å². The minimum atomic E-state index is -0.451. The molecule has 1 aromatic rings. The first-order chi connectivity index (χ1) is 8.70. The first kappa shape index (κ1) is 12.7. The van der Waals surface area contributed by atoms with Gasteiger partial charge in [0.15, 0.2) is 0 Å². The van der Waals surface area contributed by atoms with E-state index in [-0.39, 0.29) is 25.0 Å². The summed E-state index contributed by atoms with van der Waals surface area (Å²) in [4.78, 5) is 29.3. The number of hydrogen-bond donors (Lipinski definition) is 1. The molecular formula is C12H14N2O4. The van der Waals surface area contributed by atoms with Crippen LogP contribution in [0.15, 0.2) is 18.5 Å². The number of nitrogens with zero attached hydrogens (tertiary/aromatic N) is 2. The fraction of sp³-hybridized carbons (Fsp3) is 0.417. The number of carbonyl (C=O) groups is 2. The zero-order valence-corrected chi connectivity index (χ0v) is 10.00. The molecule has 6 heteroatoms. The Morgan fingerprint density at radius 3 is 2.72 bits per heavy atom. The Bertz CT molecular complexity index is 434. The topological polar surface area (TPSA) is 79.7 Å². The lowest BCUT2D eigenvalue weighted by atomic mass is 10.2. The normalized spacial score (nSPS) is 16.0. The van der Waals surface area contributed by atoms with Crippen LogP contribution in [0.5, 0.6) is 0 Å². The maximum absolute atomic E-state index is 12.1. The van der Waals surface area contributed by atoms with Gasteiger partial charge in [-0.25, -0.2) is 0 Å². The van der Waals surface area contributed by atoms with Gasteiger partial charge in [-0.05, 0) is 12.5 Å². The van der Waals surface area contributed by atoms with Gasteiger partial charge < -0.3 is 9.84 Å². The quantitative estimate of drug-likeness (QED) is 0.748. The van der Waals surface area contributed by atoms with Crippen molar-refractivity contribution in [1.82, 2.24) is 9.88 Å². The van der Waals surface area contributed by atoms with Gasteiger partial charge in [0.05, 0.1) is 23.8 Å². The minimum Gasteiger partial charge on any atom is -0.396 e. The van der Waals surface area contributed by atoms with Crippen molar-refractivity contribution < 1.29 is 19.4 Å². The van der Waals surface area contributed by atoms with Crippen molar-refractivity contribution >= 4 is 11.8 Å². The van der Waals surface area contributed by atoms with Crippen LogP contribution in [0.4, 0.5) is 0 Å². The lowest BCUT2D eigenvalue weighted by Crippen LogP contribution is -2.43. The predicted molar refractivity (Wildman–Crippen MR) is 62.1 cm³/mol. The largest absolute Gasteiger partial charge is 0.396 e. The molecule has 0 aliphatic carbocycles. The van der Waals surface area contributed by atoms with Crippen LogP contribution in [-0.4, -0.2) is 53.2 Å².